The molecule has 0 heterocycles. The fourth-order valence-corrected chi connectivity index (χ4v) is 2.46. The Morgan fingerprint density at radius 1 is 0.960 bits per heavy atom. The summed E-state index contributed by atoms with van der Waals surface area (Å²) in [5.41, 5.74) is 0. The van der Waals surface area contributed by atoms with Crippen molar-refractivity contribution in [2.75, 3.05) is 0 Å². The highest BCUT2D eigenvalue weighted by Gasteiger charge is 2.27. The first-order valence-electron chi connectivity index (χ1n) is 9.33. The number of rotatable bonds is 16. The maximum absolute atomic E-state index is 11.1. The second-order valence-electron chi connectivity index (χ2n) is 6.11. The van der Waals surface area contributed by atoms with Gasteiger partial charge in [0.25, 0.3) is 0 Å². The lowest BCUT2D eigenvalue weighted by atomic mass is 10.0. The Labute approximate surface area is 151 Å². The van der Waals surface area contributed by atoms with Crippen LogP contribution in [0.5, 0.6) is 0 Å². The predicted octanol–water partition coefficient (Wildman–Crippen LogP) is 4.78. The van der Waals surface area contributed by atoms with E-state index in [2.05, 4.69) is 25.2 Å². The Morgan fingerprint density at radius 3 is 2.16 bits per heavy atom. The van der Waals surface area contributed by atoms with E-state index in [4.69, 9.17) is 0 Å². The Morgan fingerprint density at radius 2 is 1.56 bits per heavy atom. The first-order chi connectivity index (χ1) is 12.1. The summed E-state index contributed by atoms with van der Waals surface area (Å²) in [5.74, 6) is 0. The Balaban J connectivity index is 4.02. The van der Waals surface area contributed by atoms with Crippen molar-refractivity contribution in [3.63, 3.8) is 0 Å². The number of aliphatic hydroxyl groups excluding tert-OH is 1. The molecule has 0 aromatic heterocycles. The number of carbonyl (C=O) groups is 1. The highest BCUT2D eigenvalue weighted by molar-refractivity contribution is 5.48. The van der Waals surface area contributed by atoms with Crippen LogP contribution in [0.4, 0.5) is 0 Å². The summed E-state index contributed by atoms with van der Waals surface area (Å²) < 4.78 is 0. The minimum Gasteiger partial charge on any atom is -0.386 e. The van der Waals surface area contributed by atoms with Crippen molar-refractivity contribution >= 4 is 6.29 Å². The lowest BCUT2D eigenvalue weighted by molar-refractivity contribution is -0.533. The molecule has 25 heavy (non-hydrogen) atoms. The molecule has 0 aliphatic carbocycles. The molecule has 0 saturated carbocycles. The van der Waals surface area contributed by atoms with Crippen LogP contribution in [0, 0.1) is 10.1 Å². The highest BCUT2D eigenvalue weighted by atomic mass is 16.6. The Hall–Kier alpha value is -1.75. The van der Waals surface area contributed by atoms with Crippen LogP contribution in [0.25, 0.3) is 0 Å². The molecule has 0 aliphatic rings. The van der Waals surface area contributed by atoms with Gasteiger partial charge in [-0.25, -0.2) is 0 Å². The molecular weight excluding hydrogens is 318 g/mol. The Kier molecular flexibility index (Phi) is 15.9. The molecule has 0 saturated heterocycles. The fraction of sp³-hybridized carbons (Fsp3) is 0.650. The van der Waals surface area contributed by atoms with Gasteiger partial charge < -0.3 is 9.90 Å². The van der Waals surface area contributed by atoms with Gasteiger partial charge in [-0.2, -0.15) is 0 Å². The largest absolute Gasteiger partial charge is 0.386 e. The van der Waals surface area contributed by atoms with Crippen molar-refractivity contribution < 1.29 is 14.8 Å². The van der Waals surface area contributed by atoms with Gasteiger partial charge in [0.15, 0.2) is 0 Å². The molecular formula is C20H33NO4. The number of hydrogen-bond acceptors (Lipinski definition) is 4. The smallest absolute Gasteiger partial charge is 0.241 e. The van der Waals surface area contributed by atoms with Crippen molar-refractivity contribution in [1.29, 1.82) is 0 Å². The molecule has 0 aromatic rings. The average Bonchev–Trinajstić information content (AvgIpc) is 2.59. The SMILES string of the molecule is CC/C=C\C/C=C\C/C=C\CC(C(O)CCCCCCC=O)[N+](=O)[O-]. The van der Waals surface area contributed by atoms with Gasteiger partial charge in [0.2, 0.25) is 6.04 Å². The summed E-state index contributed by atoms with van der Waals surface area (Å²) in [7, 11) is 0. The van der Waals surface area contributed by atoms with Crippen LogP contribution in [-0.4, -0.2) is 28.5 Å². The third kappa shape index (κ3) is 14.3. The van der Waals surface area contributed by atoms with E-state index in [1.54, 1.807) is 6.08 Å². The molecule has 0 rings (SSSR count). The second kappa shape index (κ2) is 17.1. The molecule has 0 radical (unpaired) electrons. The van der Waals surface area contributed by atoms with E-state index in [1.807, 2.05) is 12.2 Å². The van der Waals surface area contributed by atoms with Crippen molar-refractivity contribution in [1.82, 2.24) is 0 Å². The minimum absolute atomic E-state index is 0.253. The number of hydrogen-bond donors (Lipinski definition) is 1. The van der Waals surface area contributed by atoms with Crippen LogP contribution >= 0.6 is 0 Å². The lowest BCUT2D eigenvalue weighted by Gasteiger charge is -2.14. The standard InChI is InChI=1S/C20H33NO4/c1-2-3-4-5-6-7-8-10-13-16-19(21(24)25)20(23)17-14-11-9-12-15-18-22/h3-4,6-7,10,13,18-20,23H,2,5,8-9,11-12,14-17H2,1H3/b4-3-,7-6-,13-10-. The second-order valence-corrected chi connectivity index (χ2v) is 6.11. The van der Waals surface area contributed by atoms with Gasteiger partial charge in [-0.3, -0.25) is 10.1 Å². The molecule has 1 N–H and O–H groups in total. The minimum atomic E-state index is -0.942. The third-order valence-electron chi connectivity index (χ3n) is 3.94. The molecule has 5 nitrogen and oxygen atoms in total. The number of carbonyl (C=O) groups excluding carboxylic acids is 1. The van der Waals surface area contributed by atoms with E-state index >= 15 is 0 Å². The van der Waals surface area contributed by atoms with Crippen molar-refractivity contribution in [2.24, 2.45) is 0 Å². The summed E-state index contributed by atoms with van der Waals surface area (Å²) in [6, 6.07) is -0.942. The van der Waals surface area contributed by atoms with Gasteiger partial charge in [0, 0.05) is 17.8 Å². The monoisotopic (exact) mass is 351 g/mol. The fourth-order valence-electron chi connectivity index (χ4n) is 2.46. The van der Waals surface area contributed by atoms with Gasteiger partial charge in [-0.15, -0.1) is 0 Å². The summed E-state index contributed by atoms with van der Waals surface area (Å²) >= 11 is 0. The molecule has 0 fully saturated rings. The molecule has 0 spiro atoms. The van der Waals surface area contributed by atoms with Crippen molar-refractivity contribution in [3.05, 3.63) is 46.6 Å². The first-order valence-corrected chi connectivity index (χ1v) is 9.33. The van der Waals surface area contributed by atoms with Crippen LogP contribution < -0.4 is 0 Å². The summed E-state index contributed by atoms with van der Waals surface area (Å²) in [6.07, 6.45) is 19.4. The topological polar surface area (TPSA) is 80.4 Å². The molecule has 0 aliphatic heterocycles. The van der Waals surface area contributed by atoms with E-state index in [9.17, 15) is 20.0 Å². The predicted molar refractivity (Wildman–Crippen MR) is 102 cm³/mol. The third-order valence-corrected chi connectivity index (χ3v) is 3.94. The summed E-state index contributed by atoms with van der Waals surface area (Å²) in [6.45, 7) is 2.09. The zero-order valence-corrected chi connectivity index (χ0v) is 15.4. The summed E-state index contributed by atoms with van der Waals surface area (Å²) in [5, 5.41) is 21.2. The van der Waals surface area contributed by atoms with E-state index in [0.29, 0.717) is 12.8 Å². The Bertz CT molecular complexity index is 429. The van der Waals surface area contributed by atoms with E-state index < -0.39 is 12.1 Å². The molecule has 0 aromatic carbocycles. The lowest BCUT2D eigenvalue weighted by Crippen LogP contribution is -2.33. The maximum Gasteiger partial charge on any atom is 0.241 e. The van der Waals surface area contributed by atoms with Gasteiger partial charge in [0.1, 0.15) is 12.4 Å². The number of nitro groups is 1. The number of unbranched alkanes of at least 4 members (excludes halogenated alkanes) is 4. The molecule has 0 bridgehead atoms. The molecule has 2 atom stereocenters. The zero-order valence-electron chi connectivity index (χ0n) is 15.4. The quantitative estimate of drug-likeness (QED) is 0.143. The summed E-state index contributed by atoms with van der Waals surface area (Å²) in [4.78, 5) is 21.0. The number of aldehydes is 1. The van der Waals surface area contributed by atoms with Gasteiger partial charge in [0.05, 0.1) is 0 Å². The number of nitrogens with zero attached hydrogens (tertiary/aromatic N) is 1. The van der Waals surface area contributed by atoms with Gasteiger partial charge >= 0.3 is 0 Å². The van der Waals surface area contributed by atoms with Crippen LogP contribution in [0.2, 0.25) is 0 Å². The normalized spacial score (nSPS) is 14.5. The van der Waals surface area contributed by atoms with E-state index in [-0.39, 0.29) is 11.3 Å². The number of allylic oxidation sites excluding steroid dienone is 5. The van der Waals surface area contributed by atoms with E-state index in [1.165, 1.54) is 0 Å². The maximum atomic E-state index is 11.1. The molecule has 142 valence electrons. The molecule has 5 heteroatoms. The van der Waals surface area contributed by atoms with Crippen molar-refractivity contribution in [2.45, 2.75) is 83.3 Å². The first kappa shape index (κ1) is 23.2. The van der Waals surface area contributed by atoms with Crippen LogP contribution in [0.15, 0.2) is 36.5 Å². The molecule has 0 amide bonds. The van der Waals surface area contributed by atoms with Crippen LogP contribution in [0.3, 0.4) is 0 Å². The van der Waals surface area contributed by atoms with Crippen LogP contribution in [-0.2, 0) is 4.79 Å². The van der Waals surface area contributed by atoms with E-state index in [0.717, 1.165) is 51.2 Å². The number of aliphatic hydroxyl groups is 1. The average molecular weight is 351 g/mol. The molecule has 2 unspecified atom stereocenters. The van der Waals surface area contributed by atoms with Gasteiger partial charge in [-0.05, 0) is 32.1 Å². The highest BCUT2D eigenvalue weighted by Crippen LogP contribution is 2.13. The zero-order chi connectivity index (χ0) is 18.8. The van der Waals surface area contributed by atoms with Crippen molar-refractivity contribution in [3.8, 4) is 0 Å². The van der Waals surface area contributed by atoms with Crippen LogP contribution in [0.1, 0.15) is 71.1 Å². The van der Waals surface area contributed by atoms with Gasteiger partial charge in [-0.1, -0.05) is 62.6 Å².